The van der Waals surface area contributed by atoms with E-state index in [2.05, 4.69) is 10.3 Å². The van der Waals surface area contributed by atoms with Crippen LogP contribution in [0.2, 0.25) is 0 Å². The Morgan fingerprint density at radius 3 is 2.39 bits per heavy atom. The van der Waals surface area contributed by atoms with Crippen LogP contribution < -0.4 is 5.32 Å². The zero-order chi connectivity index (χ0) is 22.0. The second-order valence-electron chi connectivity index (χ2n) is 8.41. The van der Waals surface area contributed by atoms with Crippen molar-refractivity contribution >= 4 is 17.5 Å². The smallest absolute Gasteiger partial charge is 0.269 e. The van der Waals surface area contributed by atoms with E-state index in [1.54, 1.807) is 4.90 Å². The molecule has 2 aromatic rings. The molecular weight excluding hydrogens is 396 g/mol. The molecule has 4 rings (SSSR count). The second kappa shape index (κ2) is 8.83. The fourth-order valence-electron chi connectivity index (χ4n) is 4.00. The normalized spacial score (nSPS) is 16.7. The molecule has 1 aromatic heterocycles. The molecule has 0 spiro atoms. The number of aromatic nitrogens is 1. The molecule has 1 aliphatic heterocycles. The third-order valence-electron chi connectivity index (χ3n) is 6.05. The van der Waals surface area contributed by atoms with Gasteiger partial charge in [-0.15, -0.1) is 0 Å². The number of pyridine rings is 1. The van der Waals surface area contributed by atoms with Crippen molar-refractivity contribution in [2.45, 2.75) is 38.5 Å². The molecule has 31 heavy (non-hydrogen) atoms. The number of nitrogens with one attached hydrogen (secondary N) is 1. The van der Waals surface area contributed by atoms with Crippen LogP contribution in [0.15, 0.2) is 36.4 Å². The molecule has 1 saturated heterocycles. The molecule has 162 valence electrons. The highest BCUT2D eigenvalue weighted by molar-refractivity contribution is 5.96. The number of carbonyl (C=O) groups excluding carboxylic acids is 2. The minimum Gasteiger partial charge on any atom is -0.352 e. The number of hydrogen-bond donors (Lipinski definition) is 1. The van der Waals surface area contributed by atoms with E-state index in [4.69, 9.17) is 0 Å². The maximum atomic E-state index is 12.8. The summed E-state index contributed by atoms with van der Waals surface area (Å²) in [4.78, 5) is 42.3. The van der Waals surface area contributed by atoms with Crippen molar-refractivity contribution in [2.75, 3.05) is 19.6 Å². The number of rotatable bonds is 6. The lowest BCUT2D eigenvalue weighted by atomic mass is 9.89. The number of piperidine rings is 1. The van der Waals surface area contributed by atoms with E-state index in [9.17, 15) is 19.7 Å². The topological polar surface area (TPSA) is 105 Å². The third kappa shape index (κ3) is 4.90. The van der Waals surface area contributed by atoms with Gasteiger partial charge >= 0.3 is 0 Å². The lowest BCUT2D eigenvalue weighted by Crippen LogP contribution is -2.38. The Hall–Kier alpha value is -3.29. The summed E-state index contributed by atoms with van der Waals surface area (Å²) in [5, 5.41) is 13.8. The SMILES string of the molecule is Cc1ccc(C(=O)NCC2CC2)c(C2CCN(C(=O)c3ccc([N+](=O)[O-])cc3)CC2)n1. The van der Waals surface area contributed by atoms with Crippen LogP contribution in [0.3, 0.4) is 0 Å². The first-order chi connectivity index (χ1) is 14.9. The number of nitro groups is 1. The lowest BCUT2D eigenvalue weighted by Gasteiger charge is -2.32. The minimum atomic E-state index is -0.479. The molecule has 2 heterocycles. The lowest BCUT2D eigenvalue weighted by molar-refractivity contribution is -0.384. The van der Waals surface area contributed by atoms with Gasteiger partial charge in [-0.05, 0) is 62.8 Å². The zero-order valence-electron chi connectivity index (χ0n) is 17.5. The predicted molar refractivity (Wildman–Crippen MR) is 115 cm³/mol. The van der Waals surface area contributed by atoms with E-state index >= 15 is 0 Å². The van der Waals surface area contributed by atoms with Crippen molar-refractivity contribution in [3.05, 3.63) is 69.0 Å². The summed E-state index contributed by atoms with van der Waals surface area (Å²) in [7, 11) is 0. The number of aryl methyl sites for hydroxylation is 1. The van der Waals surface area contributed by atoms with Gasteiger partial charge in [-0.3, -0.25) is 24.7 Å². The Morgan fingerprint density at radius 2 is 1.77 bits per heavy atom. The summed E-state index contributed by atoms with van der Waals surface area (Å²) in [5.41, 5.74) is 2.73. The average molecular weight is 422 g/mol. The largest absolute Gasteiger partial charge is 0.352 e. The van der Waals surface area contributed by atoms with Crippen molar-refractivity contribution in [3.63, 3.8) is 0 Å². The zero-order valence-corrected chi connectivity index (χ0v) is 17.5. The van der Waals surface area contributed by atoms with Crippen LogP contribution in [0.5, 0.6) is 0 Å². The predicted octanol–water partition coefficient (Wildman–Crippen LogP) is 3.46. The number of carbonyl (C=O) groups is 2. The molecule has 0 atom stereocenters. The summed E-state index contributed by atoms with van der Waals surface area (Å²) in [6.07, 6.45) is 3.80. The summed E-state index contributed by atoms with van der Waals surface area (Å²) in [5.74, 6) is 0.522. The first kappa shape index (κ1) is 21.0. The van der Waals surface area contributed by atoms with Crippen molar-refractivity contribution in [1.29, 1.82) is 0 Å². The number of nitrogens with zero attached hydrogens (tertiary/aromatic N) is 3. The molecule has 0 unspecified atom stereocenters. The van der Waals surface area contributed by atoms with Gasteiger partial charge < -0.3 is 10.2 Å². The van der Waals surface area contributed by atoms with Gasteiger partial charge in [-0.2, -0.15) is 0 Å². The second-order valence-corrected chi connectivity index (χ2v) is 8.41. The standard InChI is InChI=1S/C23H26N4O4/c1-15-2-9-20(22(28)24-14-16-3-4-16)21(25-15)17-10-12-26(13-11-17)23(29)18-5-7-19(8-6-18)27(30)31/h2,5-9,16-17H,3-4,10-14H2,1H3,(H,24,28). The molecular formula is C23H26N4O4. The number of likely N-dealkylation sites (tertiary alicyclic amines) is 1. The van der Waals surface area contributed by atoms with Crippen LogP contribution in [0, 0.1) is 23.0 Å². The molecule has 0 bridgehead atoms. The van der Waals surface area contributed by atoms with Crippen molar-refractivity contribution < 1.29 is 14.5 Å². The molecule has 1 aromatic carbocycles. The molecule has 8 nitrogen and oxygen atoms in total. The van der Waals surface area contributed by atoms with E-state index in [-0.39, 0.29) is 23.4 Å². The molecule has 1 N–H and O–H groups in total. The summed E-state index contributed by atoms with van der Waals surface area (Å²) < 4.78 is 0. The van der Waals surface area contributed by atoms with Gasteiger partial charge in [0.15, 0.2) is 0 Å². The van der Waals surface area contributed by atoms with Gasteiger partial charge in [0.05, 0.1) is 16.2 Å². The maximum Gasteiger partial charge on any atom is 0.269 e. The molecule has 1 saturated carbocycles. The molecule has 1 aliphatic carbocycles. The van der Waals surface area contributed by atoms with Crippen LogP contribution in [0.25, 0.3) is 0 Å². The Labute approximate surface area is 180 Å². The summed E-state index contributed by atoms with van der Waals surface area (Å²) >= 11 is 0. The highest BCUT2D eigenvalue weighted by Gasteiger charge is 2.29. The van der Waals surface area contributed by atoms with Crippen molar-refractivity contribution in [1.82, 2.24) is 15.2 Å². The Bertz CT molecular complexity index is 993. The number of nitro benzene ring substituents is 1. The molecule has 2 fully saturated rings. The van der Waals surface area contributed by atoms with Crippen LogP contribution >= 0.6 is 0 Å². The number of amides is 2. The van der Waals surface area contributed by atoms with Gasteiger partial charge in [-0.1, -0.05) is 0 Å². The van der Waals surface area contributed by atoms with E-state index in [1.165, 1.54) is 37.1 Å². The van der Waals surface area contributed by atoms with Crippen LogP contribution in [0.1, 0.15) is 63.7 Å². The van der Waals surface area contributed by atoms with Gasteiger partial charge in [0.25, 0.3) is 17.5 Å². The fourth-order valence-corrected chi connectivity index (χ4v) is 4.00. The Morgan fingerprint density at radius 1 is 1.10 bits per heavy atom. The van der Waals surface area contributed by atoms with E-state index in [0.717, 1.165) is 24.2 Å². The average Bonchev–Trinajstić information content (AvgIpc) is 3.62. The maximum absolute atomic E-state index is 12.8. The van der Waals surface area contributed by atoms with Crippen LogP contribution in [-0.2, 0) is 0 Å². The third-order valence-corrected chi connectivity index (χ3v) is 6.05. The number of benzene rings is 1. The highest BCUT2D eigenvalue weighted by atomic mass is 16.6. The van der Waals surface area contributed by atoms with Crippen molar-refractivity contribution in [2.24, 2.45) is 5.92 Å². The van der Waals surface area contributed by atoms with Gasteiger partial charge in [-0.25, -0.2) is 0 Å². The van der Waals surface area contributed by atoms with E-state index in [1.807, 2.05) is 19.1 Å². The van der Waals surface area contributed by atoms with E-state index < -0.39 is 4.92 Å². The molecule has 8 heteroatoms. The monoisotopic (exact) mass is 422 g/mol. The summed E-state index contributed by atoms with van der Waals surface area (Å²) in [6.45, 7) is 3.75. The van der Waals surface area contributed by atoms with Gasteiger partial charge in [0.2, 0.25) is 0 Å². The molecule has 0 radical (unpaired) electrons. The molecule has 2 amide bonds. The Kier molecular flexibility index (Phi) is 5.97. The minimum absolute atomic E-state index is 0.0340. The fraction of sp³-hybridized carbons (Fsp3) is 0.435. The quantitative estimate of drug-likeness (QED) is 0.567. The van der Waals surface area contributed by atoms with Gasteiger partial charge in [0.1, 0.15) is 0 Å². The van der Waals surface area contributed by atoms with Crippen LogP contribution in [-0.4, -0.2) is 46.3 Å². The van der Waals surface area contributed by atoms with Crippen molar-refractivity contribution in [3.8, 4) is 0 Å². The van der Waals surface area contributed by atoms with Gasteiger partial charge in [0, 0.05) is 48.9 Å². The van der Waals surface area contributed by atoms with Crippen LogP contribution in [0.4, 0.5) is 5.69 Å². The van der Waals surface area contributed by atoms with E-state index in [0.29, 0.717) is 36.7 Å². The number of hydrogen-bond acceptors (Lipinski definition) is 5. The summed E-state index contributed by atoms with van der Waals surface area (Å²) in [6, 6.07) is 9.41. The highest BCUT2D eigenvalue weighted by Crippen LogP contribution is 2.31. The molecule has 2 aliphatic rings. The Balaban J connectivity index is 1.42. The first-order valence-electron chi connectivity index (χ1n) is 10.7. The first-order valence-corrected chi connectivity index (χ1v) is 10.7. The number of non-ortho nitro benzene ring substituents is 1.